The molecule has 0 unspecified atom stereocenters. The average Bonchev–Trinajstić information content (AvgIpc) is 3.16. The molecule has 0 spiro atoms. The van der Waals surface area contributed by atoms with E-state index < -0.39 is 5.82 Å². The highest BCUT2D eigenvalue weighted by atomic mass is 35.5. The minimum atomic E-state index is -0.441. The topological polar surface area (TPSA) is 70.7 Å². The fourth-order valence-electron chi connectivity index (χ4n) is 3.45. The molecule has 0 N–H and O–H groups in total. The number of rotatable bonds is 6. The molecule has 0 fully saturated rings. The first-order valence-electron chi connectivity index (χ1n) is 9.45. The standard InChI is InChI=1S/C21H20ClFN4O3/c1-4-5-19-24-20-14-9-17(29-2)18(30-3)10-16(14)26(21(28)27(20)25-19)11-12-6-7-13(23)8-15(12)22/h6-10H,4-5,11H2,1-3H3. The van der Waals surface area contributed by atoms with E-state index in [4.69, 9.17) is 21.1 Å². The lowest BCUT2D eigenvalue weighted by Gasteiger charge is -2.15. The van der Waals surface area contributed by atoms with Gasteiger partial charge in [0.2, 0.25) is 0 Å². The van der Waals surface area contributed by atoms with Gasteiger partial charge in [-0.15, -0.1) is 5.10 Å². The Morgan fingerprint density at radius 1 is 1.13 bits per heavy atom. The van der Waals surface area contributed by atoms with Crippen molar-refractivity contribution in [2.45, 2.75) is 26.3 Å². The maximum absolute atomic E-state index is 13.5. The summed E-state index contributed by atoms with van der Waals surface area (Å²) in [5.41, 5.74) is 1.26. The SMILES string of the molecule is CCCc1nc2c3cc(OC)c(OC)cc3n(Cc3ccc(F)cc3Cl)c(=O)n2n1. The van der Waals surface area contributed by atoms with Crippen molar-refractivity contribution in [1.29, 1.82) is 0 Å². The number of ether oxygens (including phenoxy) is 2. The fourth-order valence-corrected chi connectivity index (χ4v) is 3.68. The Bertz CT molecular complexity index is 1320. The molecule has 2 aromatic heterocycles. The summed E-state index contributed by atoms with van der Waals surface area (Å²) in [6.07, 6.45) is 1.50. The van der Waals surface area contributed by atoms with Crippen LogP contribution in [0.1, 0.15) is 24.7 Å². The zero-order valence-electron chi connectivity index (χ0n) is 16.8. The summed E-state index contributed by atoms with van der Waals surface area (Å²) in [6.45, 7) is 2.15. The van der Waals surface area contributed by atoms with Crippen molar-refractivity contribution in [2.75, 3.05) is 14.2 Å². The number of benzene rings is 2. The molecule has 4 aromatic rings. The van der Waals surface area contributed by atoms with Gasteiger partial charge in [-0.3, -0.25) is 4.57 Å². The van der Waals surface area contributed by atoms with Gasteiger partial charge in [-0.2, -0.15) is 4.52 Å². The van der Waals surface area contributed by atoms with Crippen LogP contribution in [0.15, 0.2) is 35.1 Å². The maximum atomic E-state index is 13.5. The molecule has 2 aromatic carbocycles. The molecule has 4 rings (SSSR count). The summed E-state index contributed by atoms with van der Waals surface area (Å²) in [5.74, 6) is 1.13. The molecule has 0 saturated carbocycles. The van der Waals surface area contributed by atoms with Crippen LogP contribution >= 0.6 is 11.6 Å². The minimum absolute atomic E-state index is 0.128. The van der Waals surface area contributed by atoms with Gasteiger partial charge < -0.3 is 9.47 Å². The predicted molar refractivity (Wildman–Crippen MR) is 112 cm³/mol. The lowest BCUT2D eigenvalue weighted by molar-refractivity contribution is 0.355. The average molecular weight is 431 g/mol. The first kappa shape index (κ1) is 20.2. The van der Waals surface area contributed by atoms with E-state index in [1.165, 1.54) is 28.3 Å². The highest BCUT2D eigenvalue weighted by molar-refractivity contribution is 6.31. The van der Waals surface area contributed by atoms with E-state index in [1.54, 1.807) is 25.3 Å². The summed E-state index contributed by atoms with van der Waals surface area (Å²) in [6, 6.07) is 7.59. The Morgan fingerprint density at radius 3 is 2.53 bits per heavy atom. The number of halogens is 2. The van der Waals surface area contributed by atoms with E-state index in [2.05, 4.69) is 10.1 Å². The van der Waals surface area contributed by atoms with Crippen molar-refractivity contribution in [1.82, 2.24) is 19.2 Å². The normalized spacial score (nSPS) is 11.4. The second-order valence-electron chi connectivity index (χ2n) is 6.84. The first-order valence-corrected chi connectivity index (χ1v) is 9.82. The van der Waals surface area contributed by atoms with Crippen LogP contribution in [0.4, 0.5) is 4.39 Å². The Labute approximate surface area is 176 Å². The van der Waals surface area contributed by atoms with Gasteiger partial charge in [-0.1, -0.05) is 24.6 Å². The second-order valence-corrected chi connectivity index (χ2v) is 7.25. The van der Waals surface area contributed by atoms with Crippen LogP contribution in [-0.4, -0.2) is 33.4 Å². The van der Waals surface area contributed by atoms with E-state index in [-0.39, 0.29) is 17.3 Å². The summed E-state index contributed by atoms with van der Waals surface area (Å²) in [4.78, 5) is 17.9. The van der Waals surface area contributed by atoms with Crippen molar-refractivity contribution >= 4 is 28.2 Å². The van der Waals surface area contributed by atoms with E-state index in [9.17, 15) is 9.18 Å². The van der Waals surface area contributed by atoms with Gasteiger partial charge in [0.15, 0.2) is 23.0 Å². The fraction of sp³-hybridized carbons (Fsp3) is 0.286. The Hall–Kier alpha value is -3.13. The van der Waals surface area contributed by atoms with E-state index in [0.717, 1.165) is 6.42 Å². The van der Waals surface area contributed by atoms with Crippen LogP contribution in [0.3, 0.4) is 0 Å². The van der Waals surface area contributed by atoms with Gasteiger partial charge in [0, 0.05) is 22.9 Å². The van der Waals surface area contributed by atoms with Gasteiger partial charge >= 0.3 is 5.69 Å². The molecule has 0 radical (unpaired) electrons. The monoisotopic (exact) mass is 430 g/mol. The number of hydrogen-bond donors (Lipinski definition) is 0. The van der Waals surface area contributed by atoms with Crippen LogP contribution in [0, 0.1) is 5.82 Å². The van der Waals surface area contributed by atoms with Gasteiger partial charge in [0.05, 0.1) is 26.3 Å². The van der Waals surface area contributed by atoms with E-state index >= 15 is 0 Å². The van der Waals surface area contributed by atoms with Crippen LogP contribution in [0.5, 0.6) is 11.5 Å². The molecular formula is C21H20ClFN4O3. The third-order valence-corrected chi connectivity index (χ3v) is 5.27. The molecule has 0 amide bonds. The zero-order chi connectivity index (χ0) is 21.4. The third kappa shape index (κ3) is 3.37. The largest absolute Gasteiger partial charge is 0.493 e. The van der Waals surface area contributed by atoms with Crippen LogP contribution in [0.25, 0.3) is 16.6 Å². The number of aromatic nitrogens is 4. The maximum Gasteiger partial charge on any atom is 0.351 e. The highest BCUT2D eigenvalue weighted by Crippen LogP contribution is 2.33. The number of methoxy groups -OCH3 is 2. The molecule has 0 aliphatic heterocycles. The zero-order valence-corrected chi connectivity index (χ0v) is 17.5. The number of nitrogens with zero attached hydrogens (tertiary/aromatic N) is 4. The number of fused-ring (bicyclic) bond motifs is 3. The van der Waals surface area contributed by atoms with Gasteiger partial charge in [-0.05, 0) is 30.2 Å². The molecule has 0 aliphatic rings. The Balaban J connectivity index is 2.05. The molecule has 0 atom stereocenters. The van der Waals surface area contributed by atoms with Gasteiger partial charge in [0.1, 0.15) is 5.82 Å². The molecule has 7 nitrogen and oxygen atoms in total. The van der Waals surface area contributed by atoms with E-state index in [1.807, 2.05) is 6.92 Å². The predicted octanol–water partition coefficient (Wildman–Crippen LogP) is 3.85. The van der Waals surface area contributed by atoms with Crippen LogP contribution in [-0.2, 0) is 13.0 Å². The number of hydrogen-bond acceptors (Lipinski definition) is 5. The third-order valence-electron chi connectivity index (χ3n) is 4.91. The molecule has 0 saturated heterocycles. The molecular weight excluding hydrogens is 411 g/mol. The summed E-state index contributed by atoms with van der Waals surface area (Å²) >= 11 is 6.22. The van der Waals surface area contributed by atoms with Crippen molar-refractivity contribution in [2.24, 2.45) is 0 Å². The molecule has 0 bridgehead atoms. The number of aryl methyl sites for hydroxylation is 1. The van der Waals surface area contributed by atoms with Crippen LogP contribution < -0.4 is 15.2 Å². The lowest BCUT2D eigenvalue weighted by Crippen LogP contribution is -2.28. The minimum Gasteiger partial charge on any atom is -0.493 e. The van der Waals surface area contributed by atoms with Gasteiger partial charge in [-0.25, -0.2) is 14.2 Å². The molecule has 9 heteroatoms. The second kappa shape index (κ2) is 7.95. The molecule has 0 aliphatic carbocycles. The Morgan fingerprint density at radius 2 is 1.87 bits per heavy atom. The molecule has 30 heavy (non-hydrogen) atoms. The highest BCUT2D eigenvalue weighted by Gasteiger charge is 2.19. The quantitative estimate of drug-likeness (QED) is 0.464. The van der Waals surface area contributed by atoms with Crippen molar-refractivity contribution in [3.8, 4) is 11.5 Å². The van der Waals surface area contributed by atoms with E-state index in [0.29, 0.717) is 45.9 Å². The van der Waals surface area contributed by atoms with Crippen molar-refractivity contribution < 1.29 is 13.9 Å². The lowest BCUT2D eigenvalue weighted by atomic mass is 10.1. The molecule has 156 valence electrons. The van der Waals surface area contributed by atoms with Crippen LogP contribution in [0.2, 0.25) is 5.02 Å². The molecule has 2 heterocycles. The summed E-state index contributed by atoms with van der Waals surface area (Å²) in [5, 5.41) is 5.31. The summed E-state index contributed by atoms with van der Waals surface area (Å²) < 4.78 is 27.1. The smallest absolute Gasteiger partial charge is 0.351 e. The van der Waals surface area contributed by atoms with Crippen molar-refractivity contribution in [3.63, 3.8) is 0 Å². The van der Waals surface area contributed by atoms with Gasteiger partial charge in [0.25, 0.3) is 0 Å². The summed E-state index contributed by atoms with van der Waals surface area (Å²) in [7, 11) is 3.07. The van der Waals surface area contributed by atoms with Crippen molar-refractivity contribution in [3.05, 3.63) is 63.0 Å². The first-order chi connectivity index (χ1) is 14.5. The Kier molecular flexibility index (Phi) is 5.34.